The standard InChI is InChI=1S/C17H28N2O2/c1-10-5-8-14(11(2)9-10)19-12(3)15(20)18-17(4,16(19)21)13-6-7-13/h10-14H,5-9H2,1-4H3,(H,18,20). The maximum atomic E-state index is 13.1. The van der Waals surface area contributed by atoms with Gasteiger partial charge in [-0.05, 0) is 63.7 Å². The van der Waals surface area contributed by atoms with Gasteiger partial charge in [0.05, 0.1) is 0 Å². The van der Waals surface area contributed by atoms with Gasteiger partial charge < -0.3 is 10.2 Å². The van der Waals surface area contributed by atoms with Gasteiger partial charge >= 0.3 is 0 Å². The van der Waals surface area contributed by atoms with Crippen LogP contribution in [0.2, 0.25) is 0 Å². The largest absolute Gasteiger partial charge is 0.340 e. The predicted octanol–water partition coefficient (Wildman–Crippen LogP) is 2.33. The molecule has 118 valence electrons. The fourth-order valence-corrected chi connectivity index (χ4v) is 4.42. The van der Waals surface area contributed by atoms with Gasteiger partial charge in [-0.15, -0.1) is 0 Å². The molecule has 21 heavy (non-hydrogen) atoms. The molecular formula is C17H28N2O2. The van der Waals surface area contributed by atoms with Crippen LogP contribution in [0.25, 0.3) is 0 Å². The van der Waals surface area contributed by atoms with Crippen molar-refractivity contribution in [1.82, 2.24) is 10.2 Å². The lowest BCUT2D eigenvalue weighted by Crippen LogP contribution is -2.72. The summed E-state index contributed by atoms with van der Waals surface area (Å²) in [5.41, 5.74) is -0.660. The van der Waals surface area contributed by atoms with Gasteiger partial charge in [-0.2, -0.15) is 0 Å². The first-order valence-corrected chi connectivity index (χ1v) is 8.49. The molecule has 0 aromatic rings. The number of piperazine rings is 1. The normalized spacial score (nSPS) is 44.7. The molecule has 1 saturated heterocycles. The first-order valence-electron chi connectivity index (χ1n) is 8.49. The molecule has 4 nitrogen and oxygen atoms in total. The van der Waals surface area contributed by atoms with Crippen LogP contribution < -0.4 is 5.32 Å². The molecule has 2 amide bonds. The van der Waals surface area contributed by atoms with Crippen molar-refractivity contribution in [3.05, 3.63) is 0 Å². The Morgan fingerprint density at radius 3 is 2.33 bits per heavy atom. The summed E-state index contributed by atoms with van der Waals surface area (Å²) < 4.78 is 0. The van der Waals surface area contributed by atoms with Crippen LogP contribution in [0.4, 0.5) is 0 Å². The highest BCUT2D eigenvalue weighted by Gasteiger charge is 2.56. The molecule has 0 spiro atoms. The van der Waals surface area contributed by atoms with Crippen LogP contribution in [0.15, 0.2) is 0 Å². The van der Waals surface area contributed by atoms with E-state index in [4.69, 9.17) is 0 Å². The average molecular weight is 292 g/mol. The smallest absolute Gasteiger partial charge is 0.249 e. The van der Waals surface area contributed by atoms with Gasteiger partial charge in [-0.25, -0.2) is 0 Å². The Morgan fingerprint density at radius 1 is 1.10 bits per heavy atom. The molecule has 5 unspecified atom stereocenters. The lowest BCUT2D eigenvalue weighted by Gasteiger charge is -2.50. The number of amides is 2. The molecule has 0 aromatic heterocycles. The average Bonchev–Trinajstić information content (AvgIpc) is 3.24. The van der Waals surface area contributed by atoms with Crippen LogP contribution in [-0.2, 0) is 9.59 Å². The van der Waals surface area contributed by atoms with Crippen LogP contribution in [0.3, 0.4) is 0 Å². The van der Waals surface area contributed by atoms with Crippen molar-refractivity contribution in [2.24, 2.45) is 17.8 Å². The topological polar surface area (TPSA) is 49.4 Å². The van der Waals surface area contributed by atoms with Crippen molar-refractivity contribution in [1.29, 1.82) is 0 Å². The van der Waals surface area contributed by atoms with E-state index in [0.29, 0.717) is 11.8 Å². The zero-order valence-corrected chi connectivity index (χ0v) is 13.7. The van der Waals surface area contributed by atoms with E-state index in [-0.39, 0.29) is 23.9 Å². The van der Waals surface area contributed by atoms with Crippen LogP contribution in [0.5, 0.6) is 0 Å². The minimum Gasteiger partial charge on any atom is -0.340 e. The molecule has 4 heteroatoms. The third-order valence-corrected chi connectivity index (χ3v) is 6.00. The molecule has 5 atom stereocenters. The Bertz CT molecular complexity index is 460. The molecule has 3 rings (SSSR count). The molecular weight excluding hydrogens is 264 g/mol. The number of carbonyl (C=O) groups is 2. The highest BCUT2D eigenvalue weighted by Crippen LogP contribution is 2.44. The maximum absolute atomic E-state index is 13.1. The molecule has 2 saturated carbocycles. The predicted molar refractivity (Wildman–Crippen MR) is 81.5 cm³/mol. The van der Waals surface area contributed by atoms with E-state index in [1.807, 2.05) is 18.7 Å². The van der Waals surface area contributed by atoms with Crippen molar-refractivity contribution in [2.75, 3.05) is 0 Å². The van der Waals surface area contributed by atoms with E-state index in [1.54, 1.807) is 0 Å². The van der Waals surface area contributed by atoms with E-state index in [9.17, 15) is 9.59 Å². The number of carbonyl (C=O) groups excluding carboxylic acids is 2. The molecule has 1 N–H and O–H groups in total. The zero-order valence-electron chi connectivity index (χ0n) is 13.7. The number of nitrogens with zero attached hydrogens (tertiary/aromatic N) is 1. The third-order valence-electron chi connectivity index (χ3n) is 6.00. The van der Waals surface area contributed by atoms with Gasteiger partial charge in [0, 0.05) is 6.04 Å². The number of nitrogens with one attached hydrogen (secondary N) is 1. The van der Waals surface area contributed by atoms with Crippen molar-refractivity contribution in [2.45, 2.75) is 77.4 Å². The van der Waals surface area contributed by atoms with Crippen LogP contribution in [0, 0.1) is 17.8 Å². The molecule has 0 aromatic carbocycles. The molecule has 0 radical (unpaired) electrons. The Morgan fingerprint density at radius 2 is 1.76 bits per heavy atom. The van der Waals surface area contributed by atoms with E-state index in [0.717, 1.165) is 38.0 Å². The summed E-state index contributed by atoms with van der Waals surface area (Å²) in [6.07, 6.45) is 5.46. The second-order valence-electron chi connectivity index (χ2n) is 7.82. The summed E-state index contributed by atoms with van der Waals surface area (Å²) in [5, 5.41) is 3.02. The van der Waals surface area contributed by atoms with Gasteiger partial charge in [0.1, 0.15) is 11.6 Å². The highest BCUT2D eigenvalue weighted by molar-refractivity contribution is 6.00. The summed E-state index contributed by atoms with van der Waals surface area (Å²) in [4.78, 5) is 27.5. The molecule has 3 fully saturated rings. The summed E-state index contributed by atoms with van der Waals surface area (Å²) in [6.45, 7) is 8.33. The SMILES string of the molecule is CC1CCC(N2C(=O)C(C)(C3CC3)NC(=O)C2C)C(C)C1. The molecule has 1 heterocycles. The van der Waals surface area contributed by atoms with E-state index in [1.165, 1.54) is 0 Å². The molecule has 2 aliphatic carbocycles. The first-order chi connectivity index (χ1) is 9.84. The monoisotopic (exact) mass is 292 g/mol. The number of hydrogen-bond donors (Lipinski definition) is 1. The second-order valence-corrected chi connectivity index (χ2v) is 7.82. The zero-order chi connectivity index (χ0) is 15.4. The van der Waals surface area contributed by atoms with Gasteiger partial charge in [0.2, 0.25) is 11.8 Å². The van der Waals surface area contributed by atoms with Crippen LogP contribution in [0.1, 0.15) is 59.8 Å². The quantitative estimate of drug-likeness (QED) is 0.849. The molecule has 0 bridgehead atoms. The number of rotatable bonds is 2. The Hall–Kier alpha value is -1.06. The fourth-order valence-electron chi connectivity index (χ4n) is 4.42. The van der Waals surface area contributed by atoms with E-state index >= 15 is 0 Å². The maximum Gasteiger partial charge on any atom is 0.249 e. The van der Waals surface area contributed by atoms with Crippen molar-refractivity contribution in [3.8, 4) is 0 Å². The van der Waals surface area contributed by atoms with Gasteiger partial charge in [-0.1, -0.05) is 13.8 Å². The lowest BCUT2D eigenvalue weighted by molar-refractivity contribution is -0.160. The van der Waals surface area contributed by atoms with Crippen molar-refractivity contribution in [3.63, 3.8) is 0 Å². The minimum atomic E-state index is -0.660. The summed E-state index contributed by atoms with van der Waals surface area (Å²) in [5.74, 6) is 1.73. The van der Waals surface area contributed by atoms with Crippen molar-refractivity contribution >= 4 is 11.8 Å². The first kappa shape index (κ1) is 14.9. The second kappa shape index (κ2) is 4.99. The highest BCUT2D eigenvalue weighted by atomic mass is 16.2. The molecule has 3 aliphatic rings. The third kappa shape index (κ3) is 2.36. The fraction of sp³-hybridized carbons (Fsp3) is 0.882. The minimum absolute atomic E-state index is 0.0230. The summed E-state index contributed by atoms with van der Waals surface area (Å²) in [7, 11) is 0. The summed E-state index contributed by atoms with van der Waals surface area (Å²) >= 11 is 0. The Kier molecular flexibility index (Phi) is 3.53. The van der Waals surface area contributed by atoms with Gasteiger partial charge in [0.25, 0.3) is 0 Å². The Balaban J connectivity index is 1.87. The van der Waals surface area contributed by atoms with Gasteiger partial charge in [-0.3, -0.25) is 9.59 Å². The van der Waals surface area contributed by atoms with Crippen LogP contribution >= 0.6 is 0 Å². The molecule has 1 aliphatic heterocycles. The van der Waals surface area contributed by atoms with Crippen LogP contribution in [-0.4, -0.2) is 34.3 Å². The number of hydrogen-bond acceptors (Lipinski definition) is 2. The summed E-state index contributed by atoms with van der Waals surface area (Å²) in [6, 6.07) is -0.0991. The van der Waals surface area contributed by atoms with E-state index in [2.05, 4.69) is 19.2 Å². The van der Waals surface area contributed by atoms with E-state index < -0.39 is 5.54 Å². The Labute approximate surface area is 127 Å². The lowest BCUT2D eigenvalue weighted by atomic mass is 9.77. The van der Waals surface area contributed by atoms with Crippen molar-refractivity contribution < 1.29 is 9.59 Å². The van der Waals surface area contributed by atoms with Gasteiger partial charge in [0.15, 0.2) is 0 Å².